The number of hydrogen-bond acceptors (Lipinski definition) is 4. The Bertz CT molecular complexity index is 625. The number of oxazole rings is 1. The van der Waals surface area contributed by atoms with Gasteiger partial charge in [0.2, 0.25) is 0 Å². The summed E-state index contributed by atoms with van der Waals surface area (Å²) in [6, 6.07) is 5.58. The molecule has 2 heterocycles. The van der Waals surface area contributed by atoms with E-state index in [1.54, 1.807) is 0 Å². The Balaban J connectivity index is 1.65. The van der Waals surface area contributed by atoms with Crippen molar-refractivity contribution >= 4 is 11.1 Å². The number of rotatable bonds is 4. The van der Waals surface area contributed by atoms with Crippen LogP contribution in [0.4, 0.5) is 0 Å². The smallest absolute Gasteiger partial charge is 0.408 e. The fraction of sp³-hybridized carbons (Fsp3) is 0.533. The molecule has 2 aromatic rings. The number of aromatic amines is 1. The molecule has 5 nitrogen and oxygen atoms in total. The molecule has 2 unspecified atom stereocenters. The van der Waals surface area contributed by atoms with Crippen LogP contribution in [0.3, 0.4) is 0 Å². The molecule has 3 N–H and O–H groups in total. The van der Waals surface area contributed by atoms with Gasteiger partial charge < -0.3 is 14.9 Å². The first-order chi connectivity index (χ1) is 9.72. The van der Waals surface area contributed by atoms with Crippen molar-refractivity contribution in [1.82, 2.24) is 4.98 Å². The lowest BCUT2D eigenvalue weighted by Gasteiger charge is -2.23. The predicted molar refractivity (Wildman–Crippen MR) is 76.6 cm³/mol. The zero-order valence-electron chi connectivity index (χ0n) is 11.4. The zero-order valence-corrected chi connectivity index (χ0v) is 11.4. The average molecular weight is 276 g/mol. The van der Waals surface area contributed by atoms with Crippen LogP contribution in [0.25, 0.3) is 11.1 Å². The third-order valence-corrected chi connectivity index (χ3v) is 3.95. The maximum absolute atomic E-state index is 11.1. The van der Waals surface area contributed by atoms with Crippen LogP contribution in [0.15, 0.2) is 27.4 Å². The molecule has 0 radical (unpaired) electrons. The minimum absolute atomic E-state index is 0.0508. The molecule has 108 valence electrons. The summed E-state index contributed by atoms with van der Waals surface area (Å²) in [6.07, 6.45) is 5.77. The van der Waals surface area contributed by atoms with Gasteiger partial charge in [-0.15, -0.1) is 0 Å². The number of aromatic nitrogens is 1. The first-order valence-electron chi connectivity index (χ1n) is 7.22. The summed E-state index contributed by atoms with van der Waals surface area (Å²) < 4.78 is 10.8. The third-order valence-electron chi connectivity index (χ3n) is 3.95. The Kier molecular flexibility index (Phi) is 3.89. The average Bonchev–Trinajstić information content (AvgIpc) is 2.85. The van der Waals surface area contributed by atoms with Crippen LogP contribution >= 0.6 is 0 Å². The molecule has 1 aliphatic rings. The number of H-pyrrole nitrogens is 1. The Morgan fingerprint density at radius 2 is 2.30 bits per heavy atom. The van der Waals surface area contributed by atoms with Crippen molar-refractivity contribution in [2.45, 2.75) is 44.2 Å². The second-order valence-electron chi connectivity index (χ2n) is 5.44. The van der Waals surface area contributed by atoms with Gasteiger partial charge in [0, 0.05) is 12.6 Å². The minimum atomic E-state index is -0.429. The molecule has 1 aromatic carbocycles. The van der Waals surface area contributed by atoms with E-state index in [9.17, 15) is 4.79 Å². The number of hydrogen-bond donors (Lipinski definition) is 2. The summed E-state index contributed by atoms with van der Waals surface area (Å²) in [7, 11) is 0. The lowest BCUT2D eigenvalue weighted by atomic mass is 9.98. The normalized spacial score (nSPS) is 21.1. The molecule has 2 atom stereocenters. The van der Waals surface area contributed by atoms with E-state index in [1.165, 1.54) is 12.8 Å². The molecule has 0 spiro atoms. The van der Waals surface area contributed by atoms with Crippen LogP contribution in [0.1, 0.15) is 43.7 Å². The first-order valence-corrected chi connectivity index (χ1v) is 7.22. The molecule has 1 saturated heterocycles. The van der Waals surface area contributed by atoms with Crippen molar-refractivity contribution in [2.24, 2.45) is 5.73 Å². The lowest BCUT2D eigenvalue weighted by molar-refractivity contribution is 0.00912. The number of ether oxygens (including phenoxy) is 1. The van der Waals surface area contributed by atoms with E-state index in [0.29, 0.717) is 17.2 Å². The standard InChI is InChI=1S/C15H20N2O3/c16-12(6-5-11-3-1-2-8-19-11)10-4-7-13-14(9-10)20-15(18)17-13/h4,7,9,11-12H,1-3,5-6,8,16H2,(H,17,18). The van der Waals surface area contributed by atoms with Gasteiger partial charge in [-0.05, 0) is 49.8 Å². The molecular weight excluding hydrogens is 256 g/mol. The van der Waals surface area contributed by atoms with E-state index in [4.69, 9.17) is 14.9 Å². The van der Waals surface area contributed by atoms with Gasteiger partial charge >= 0.3 is 5.76 Å². The summed E-state index contributed by atoms with van der Waals surface area (Å²) in [5.74, 6) is -0.429. The highest BCUT2D eigenvalue weighted by molar-refractivity contribution is 5.72. The maximum Gasteiger partial charge on any atom is 0.417 e. The molecule has 1 aromatic heterocycles. The minimum Gasteiger partial charge on any atom is -0.408 e. The van der Waals surface area contributed by atoms with Crippen LogP contribution in [0.2, 0.25) is 0 Å². The van der Waals surface area contributed by atoms with Crippen molar-refractivity contribution < 1.29 is 9.15 Å². The van der Waals surface area contributed by atoms with E-state index in [1.807, 2.05) is 18.2 Å². The molecule has 0 amide bonds. The summed E-state index contributed by atoms with van der Waals surface area (Å²) in [5.41, 5.74) is 8.50. The van der Waals surface area contributed by atoms with E-state index >= 15 is 0 Å². The van der Waals surface area contributed by atoms with Gasteiger partial charge in [0.25, 0.3) is 0 Å². The van der Waals surface area contributed by atoms with Crippen LogP contribution in [-0.4, -0.2) is 17.7 Å². The number of nitrogens with one attached hydrogen (secondary N) is 1. The van der Waals surface area contributed by atoms with Gasteiger partial charge in [-0.2, -0.15) is 0 Å². The highest BCUT2D eigenvalue weighted by Crippen LogP contribution is 2.24. The van der Waals surface area contributed by atoms with Gasteiger partial charge in [-0.1, -0.05) is 6.07 Å². The van der Waals surface area contributed by atoms with Gasteiger partial charge in [0.15, 0.2) is 5.58 Å². The van der Waals surface area contributed by atoms with E-state index in [-0.39, 0.29) is 6.04 Å². The molecule has 0 bridgehead atoms. The molecule has 0 saturated carbocycles. The van der Waals surface area contributed by atoms with Gasteiger partial charge in [-0.3, -0.25) is 4.98 Å². The van der Waals surface area contributed by atoms with Crippen LogP contribution in [-0.2, 0) is 4.74 Å². The molecule has 20 heavy (non-hydrogen) atoms. The van der Waals surface area contributed by atoms with E-state index < -0.39 is 5.76 Å². The van der Waals surface area contributed by atoms with Gasteiger partial charge in [0.05, 0.1) is 11.6 Å². The Hall–Kier alpha value is -1.59. The van der Waals surface area contributed by atoms with Crippen LogP contribution < -0.4 is 11.5 Å². The molecule has 1 fully saturated rings. The van der Waals surface area contributed by atoms with Crippen molar-refractivity contribution in [3.8, 4) is 0 Å². The van der Waals surface area contributed by atoms with Crippen molar-refractivity contribution in [1.29, 1.82) is 0 Å². The van der Waals surface area contributed by atoms with Crippen molar-refractivity contribution in [3.05, 3.63) is 34.3 Å². The second kappa shape index (κ2) is 5.81. The topological polar surface area (TPSA) is 81.2 Å². The first kappa shape index (κ1) is 13.4. The quantitative estimate of drug-likeness (QED) is 0.898. The number of benzene rings is 1. The Morgan fingerprint density at radius 3 is 3.10 bits per heavy atom. The summed E-state index contributed by atoms with van der Waals surface area (Å²) in [6.45, 7) is 0.875. The molecule has 5 heteroatoms. The highest BCUT2D eigenvalue weighted by atomic mass is 16.5. The zero-order chi connectivity index (χ0) is 13.9. The fourth-order valence-electron chi connectivity index (χ4n) is 2.76. The summed E-state index contributed by atoms with van der Waals surface area (Å²) in [4.78, 5) is 13.8. The van der Waals surface area contributed by atoms with Gasteiger partial charge in [0.1, 0.15) is 0 Å². The third kappa shape index (κ3) is 2.94. The Morgan fingerprint density at radius 1 is 1.40 bits per heavy atom. The molecular formula is C15H20N2O3. The highest BCUT2D eigenvalue weighted by Gasteiger charge is 2.16. The van der Waals surface area contributed by atoms with Crippen molar-refractivity contribution in [3.63, 3.8) is 0 Å². The Labute approximate surface area is 117 Å². The number of nitrogens with two attached hydrogens (primary N) is 1. The number of fused-ring (bicyclic) bond motifs is 1. The summed E-state index contributed by atoms with van der Waals surface area (Å²) >= 11 is 0. The predicted octanol–water partition coefficient (Wildman–Crippen LogP) is 2.47. The maximum atomic E-state index is 11.1. The van der Waals surface area contributed by atoms with Crippen LogP contribution in [0, 0.1) is 0 Å². The van der Waals surface area contributed by atoms with Gasteiger partial charge in [-0.25, -0.2) is 4.79 Å². The molecule has 1 aliphatic heterocycles. The SMILES string of the molecule is NC(CCC1CCCCO1)c1ccc2[nH]c(=O)oc2c1. The largest absolute Gasteiger partial charge is 0.417 e. The van der Waals surface area contributed by atoms with Crippen LogP contribution in [0.5, 0.6) is 0 Å². The molecule has 3 rings (SSSR count). The lowest BCUT2D eigenvalue weighted by Crippen LogP contribution is -2.21. The van der Waals surface area contributed by atoms with Crippen molar-refractivity contribution in [2.75, 3.05) is 6.61 Å². The monoisotopic (exact) mass is 276 g/mol. The second-order valence-corrected chi connectivity index (χ2v) is 5.44. The van der Waals surface area contributed by atoms with E-state index in [0.717, 1.165) is 31.4 Å². The molecule has 0 aliphatic carbocycles. The fourth-order valence-corrected chi connectivity index (χ4v) is 2.76. The van der Waals surface area contributed by atoms with E-state index in [2.05, 4.69) is 4.98 Å². The summed E-state index contributed by atoms with van der Waals surface area (Å²) in [5, 5.41) is 0.